The number of rotatable bonds is 7. The predicted octanol–water partition coefficient (Wildman–Crippen LogP) is 6.19. The van der Waals surface area contributed by atoms with E-state index in [-0.39, 0.29) is 18.6 Å². The van der Waals surface area contributed by atoms with Crippen molar-refractivity contribution < 1.29 is 9.53 Å². The molecular weight excluding hydrogens is 432 g/mol. The van der Waals surface area contributed by atoms with Gasteiger partial charge in [0, 0.05) is 12.1 Å². The van der Waals surface area contributed by atoms with Gasteiger partial charge >= 0.3 is 5.97 Å². The van der Waals surface area contributed by atoms with Crippen molar-refractivity contribution in [2.75, 3.05) is 0 Å². The van der Waals surface area contributed by atoms with Gasteiger partial charge in [-0.05, 0) is 23.6 Å². The Labute approximate surface area is 206 Å². The first kappa shape index (κ1) is 22.6. The van der Waals surface area contributed by atoms with Crippen molar-refractivity contribution in [1.82, 2.24) is 4.90 Å². The average Bonchev–Trinajstić information content (AvgIpc) is 3.22. The summed E-state index contributed by atoms with van der Waals surface area (Å²) in [4.78, 5) is 21.1. The molecule has 4 heteroatoms. The second kappa shape index (κ2) is 9.98. The summed E-state index contributed by atoms with van der Waals surface area (Å²) in [7, 11) is 0. The molecule has 1 aliphatic heterocycles. The number of carbonyl (C=O) groups is 1. The molecule has 0 amide bonds. The topological polar surface area (TPSA) is 41.9 Å². The largest absolute Gasteiger partial charge is 0.459 e. The van der Waals surface area contributed by atoms with Crippen LogP contribution >= 0.6 is 0 Å². The van der Waals surface area contributed by atoms with Gasteiger partial charge in [-0.3, -0.25) is 0 Å². The molecule has 4 aromatic carbocycles. The van der Waals surface area contributed by atoms with Crippen LogP contribution in [0.1, 0.15) is 35.2 Å². The van der Waals surface area contributed by atoms with E-state index >= 15 is 0 Å². The van der Waals surface area contributed by atoms with Crippen LogP contribution in [0.5, 0.6) is 0 Å². The van der Waals surface area contributed by atoms with Gasteiger partial charge < -0.3 is 9.64 Å². The summed E-state index contributed by atoms with van der Waals surface area (Å²) in [6, 6.07) is 39.9. The fourth-order valence-electron chi connectivity index (χ4n) is 4.70. The smallest absolute Gasteiger partial charge is 0.336 e. The summed E-state index contributed by atoms with van der Waals surface area (Å²) in [6.07, 6.45) is 0. The van der Waals surface area contributed by atoms with Crippen molar-refractivity contribution in [2.24, 2.45) is 4.99 Å². The molecule has 0 radical (unpaired) electrons. The van der Waals surface area contributed by atoms with Gasteiger partial charge in [0.25, 0.3) is 0 Å². The van der Waals surface area contributed by atoms with Crippen molar-refractivity contribution in [3.8, 4) is 0 Å². The monoisotopic (exact) mass is 460 g/mol. The number of carbonyl (C=O) groups excluding carboxylic acids is 1. The molecule has 0 aromatic heterocycles. The number of amidine groups is 1. The first-order chi connectivity index (χ1) is 17.1. The third kappa shape index (κ3) is 4.73. The highest BCUT2D eigenvalue weighted by Crippen LogP contribution is 2.43. The Morgan fingerprint density at radius 1 is 0.771 bits per heavy atom. The van der Waals surface area contributed by atoms with Crippen LogP contribution in [0.3, 0.4) is 0 Å². The molecule has 0 saturated heterocycles. The second-order valence-electron chi connectivity index (χ2n) is 8.94. The lowest BCUT2D eigenvalue weighted by Gasteiger charge is -2.35. The molecule has 1 heterocycles. The lowest BCUT2D eigenvalue weighted by molar-refractivity contribution is -0.152. The van der Waals surface area contributed by atoms with E-state index in [9.17, 15) is 4.79 Å². The summed E-state index contributed by atoms with van der Waals surface area (Å²) >= 11 is 0. The van der Waals surface area contributed by atoms with Crippen LogP contribution < -0.4 is 0 Å². The van der Waals surface area contributed by atoms with Gasteiger partial charge in [-0.15, -0.1) is 0 Å². The van der Waals surface area contributed by atoms with E-state index in [2.05, 4.69) is 29.2 Å². The number of esters is 1. The molecule has 1 aliphatic rings. The van der Waals surface area contributed by atoms with Crippen LogP contribution in [0.15, 0.2) is 126 Å². The van der Waals surface area contributed by atoms with E-state index in [1.807, 2.05) is 104 Å². The molecule has 2 atom stereocenters. The zero-order valence-electron chi connectivity index (χ0n) is 19.7. The van der Waals surface area contributed by atoms with Crippen LogP contribution in [0.2, 0.25) is 0 Å². The number of benzene rings is 4. The second-order valence-corrected chi connectivity index (χ2v) is 8.94. The van der Waals surface area contributed by atoms with Crippen molar-refractivity contribution in [3.63, 3.8) is 0 Å². The first-order valence-electron chi connectivity index (χ1n) is 11.9. The van der Waals surface area contributed by atoms with Gasteiger partial charge in [0.1, 0.15) is 12.4 Å². The maximum Gasteiger partial charge on any atom is 0.336 e. The van der Waals surface area contributed by atoms with Crippen molar-refractivity contribution in [2.45, 2.75) is 31.7 Å². The minimum Gasteiger partial charge on any atom is -0.459 e. The zero-order valence-corrected chi connectivity index (χ0v) is 19.7. The molecule has 0 fully saturated rings. The standard InChI is InChI=1S/C31H28N2O2/c1-31(30(34)35-23-25-16-8-3-9-17-25)28(26-18-10-4-11-19-26)33(22-24-14-6-2-7-15-24)29(32-31)27-20-12-5-13-21-27/h2-21,28H,22-23H2,1H3/t28-,31-/m0/s1. The molecule has 0 saturated carbocycles. The first-order valence-corrected chi connectivity index (χ1v) is 11.9. The minimum absolute atomic E-state index is 0.214. The highest BCUT2D eigenvalue weighted by atomic mass is 16.5. The van der Waals surface area contributed by atoms with Crippen LogP contribution in [-0.4, -0.2) is 22.2 Å². The highest BCUT2D eigenvalue weighted by molar-refractivity contribution is 6.04. The lowest BCUT2D eigenvalue weighted by atomic mass is 9.87. The van der Waals surface area contributed by atoms with Crippen molar-refractivity contribution >= 4 is 11.8 Å². The molecule has 0 unspecified atom stereocenters. The minimum atomic E-state index is -1.11. The van der Waals surface area contributed by atoms with Gasteiger partial charge in [-0.1, -0.05) is 121 Å². The van der Waals surface area contributed by atoms with Crippen LogP contribution in [0, 0.1) is 0 Å². The van der Waals surface area contributed by atoms with E-state index in [0.29, 0.717) is 6.54 Å². The van der Waals surface area contributed by atoms with Crippen molar-refractivity contribution in [3.05, 3.63) is 144 Å². The zero-order chi connectivity index (χ0) is 24.1. The molecule has 0 aliphatic carbocycles. The maximum absolute atomic E-state index is 13.7. The third-order valence-corrected chi connectivity index (χ3v) is 6.42. The van der Waals surface area contributed by atoms with Crippen LogP contribution in [0.25, 0.3) is 0 Å². The highest BCUT2D eigenvalue weighted by Gasteiger charge is 2.52. The predicted molar refractivity (Wildman–Crippen MR) is 139 cm³/mol. The van der Waals surface area contributed by atoms with Crippen LogP contribution in [0.4, 0.5) is 0 Å². The third-order valence-electron chi connectivity index (χ3n) is 6.42. The molecule has 4 aromatic rings. The number of ether oxygens (including phenoxy) is 1. The SMILES string of the molecule is C[C@]1(C(=O)OCc2ccccc2)N=C(c2ccccc2)N(Cc2ccccc2)[C@H]1c1ccccc1. The number of aliphatic imine (C=N–C) groups is 1. The Morgan fingerprint density at radius 3 is 1.89 bits per heavy atom. The quantitative estimate of drug-likeness (QED) is 0.309. The summed E-state index contributed by atoms with van der Waals surface area (Å²) in [5, 5.41) is 0. The van der Waals surface area contributed by atoms with E-state index in [4.69, 9.17) is 9.73 Å². The Kier molecular flexibility index (Phi) is 6.44. The molecule has 5 rings (SSSR count). The lowest BCUT2D eigenvalue weighted by Crippen LogP contribution is -2.44. The summed E-state index contributed by atoms with van der Waals surface area (Å²) in [6.45, 7) is 2.73. The number of nitrogens with zero attached hydrogens (tertiary/aromatic N) is 2. The van der Waals surface area contributed by atoms with Gasteiger partial charge in [-0.2, -0.15) is 0 Å². The Bertz CT molecular complexity index is 1290. The molecule has 35 heavy (non-hydrogen) atoms. The molecule has 174 valence electrons. The number of hydrogen-bond donors (Lipinski definition) is 0. The van der Waals surface area contributed by atoms with E-state index in [1.165, 1.54) is 0 Å². The number of hydrogen-bond acceptors (Lipinski definition) is 4. The Morgan fingerprint density at radius 2 is 1.29 bits per heavy atom. The van der Waals surface area contributed by atoms with Crippen molar-refractivity contribution in [1.29, 1.82) is 0 Å². The summed E-state index contributed by atoms with van der Waals surface area (Å²) < 4.78 is 5.88. The summed E-state index contributed by atoms with van der Waals surface area (Å²) in [5.41, 5.74) is 2.99. The van der Waals surface area contributed by atoms with E-state index < -0.39 is 5.54 Å². The summed E-state index contributed by atoms with van der Waals surface area (Å²) in [5.74, 6) is 0.460. The molecule has 0 bridgehead atoms. The van der Waals surface area contributed by atoms with Crippen LogP contribution in [-0.2, 0) is 22.7 Å². The normalized spacial score (nSPS) is 19.3. The molecule has 0 N–H and O–H groups in total. The van der Waals surface area contributed by atoms with Gasteiger partial charge in [0.15, 0.2) is 5.54 Å². The van der Waals surface area contributed by atoms with E-state index in [0.717, 1.165) is 28.1 Å². The average molecular weight is 461 g/mol. The van der Waals surface area contributed by atoms with E-state index in [1.54, 1.807) is 0 Å². The Hall–Kier alpha value is -4.18. The maximum atomic E-state index is 13.7. The Balaban J connectivity index is 1.57. The molecular formula is C31H28N2O2. The fraction of sp³-hybridized carbons (Fsp3) is 0.161. The fourth-order valence-corrected chi connectivity index (χ4v) is 4.70. The van der Waals surface area contributed by atoms with Gasteiger partial charge in [0.05, 0.1) is 6.04 Å². The molecule has 4 nitrogen and oxygen atoms in total. The van der Waals surface area contributed by atoms with Gasteiger partial charge in [0.2, 0.25) is 0 Å². The van der Waals surface area contributed by atoms with Gasteiger partial charge in [-0.25, -0.2) is 9.79 Å². The molecule has 0 spiro atoms.